The molecule has 0 aromatic rings. The molecule has 0 N–H and O–H groups in total. The van der Waals surface area contributed by atoms with Gasteiger partial charge in [-0.25, -0.2) is 4.79 Å². The van der Waals surface area contributed by atoms with Gasteiger partial charge in [0.25, 0.3) is 0 Å². The average molecular weight is 238 g/mol. The van der Waals surface area contributed by atoms with Crippen LogP contribution in [0.2, 0.25) is 0 Å². The Morgan fingerprint density at radius 2 is 2.19 bits per heavy atom. The van der Waals surface area contributed by atoms with Gasteiger partial charge in [-0.15, -0.1) is 0 Å². The minimum absolute atomic E-state index is 0.0587. The fraction of sp³-hybridized carbons (Fsp3) is 0.700. The third kappa shape index (κ3) is 3.23. The zero-order valence-corrected chi connectivity index (χ0v) is 8.84. The van der Waals surface area contributed by atoms with Crippen LogP contribution in [0.5, 0.6) is 0 Å². The van der Waals surface area contributed by atoms with Crippen molar-refractivity contribution in [3.63, 3.8) is 0 Å². The Labute approximate surface area is 91.2 Å². The van der Waals surface area contributed by atoms with Crippen LogP contribution in [0.15, 0.2) is 12.2 Å². The summed E-state index contributed by atoms with van der Waals surface area (Å²) < 4.78 is 46.3. The second-order valence-electron chi connectivity index (χ2n) is 3.72. The van der Waals surface area contributed by atoms with E-state index >= 15 is 0 Å². The second kappa shape index (κ2) is 4.86. The van der Waals surface area contributed by atoms with Crippen LogP contribution in [0.3, 0.4) is 0 Å². The zero-order valence-electron chi connectivity index (χ0n) is 8.84. The Kier molecular flexibility index (Phi) is 3.96. The fourth-order valence-electron chi connectivity index (χ4n) is 1.31. The van der Waals surface area contributed by atoms with Gasteiger partial charge in [-0.1, -0.05) is 6.58 Å². The number of hydrogen-bond acceptors (Lipinski definition) is 3. The minimum Gasteiger partial charge on any atom is -0.462 e. The summed E-state index contributed by atoms with van der Waals surface area (Å²) in [6.45, 7) is 4.44. The van der Waals surface area contributed by atoms with Gasteiger partial charge in [0.1, 0.15) is 5.92 Å². The van der Waals surface area contributed by atoms with E-state index in [1.165, 1.54) is 6.92 Å². The van der Waals surface area contributed by atoms with Gasteiger partial charge in [0.2, 0.25) is 0 Å². The molecule has 92 valence electrons. The fourth-order valence-corrected chi connectivity index (χ4v) is 1.31. The molecule has 0 aliphatic carbocycles. The van der Waals surface area contributed by atoms with E-state index in [1.54, 1.807) is 0 Å². The van der Waals surface area contributed by atoms with E-state index in [1.807, 2.05) is 0 Å². The van der Waals surface area contributed by atoms with Gasteiger partial charge in [-0.3, -0.25) is 0 Å². The third-order valence-corrected chi connectivity index (χ3v) is 2.34. The molecule has 1 fully saturated rings. The molecule has 3 nitrogen and oxygen atoms in total. The van der Waals surface area contributed by atoms with Crippen molar-refractivity contribution in [2.24, 2.45) is 5.92 Å². The Morgan fingerprint density at radius 1 is 1.56 bits per heavy atom. The largest absolute Gasteiger partial charge is 0.462 e. The van der Waals surface area contributed by atoms with Gasteiger partial charge in [-0.05, 0) is 6.92 Å². The molecule has 0 spiro atoms. The summed E-state index contributed by atoms with van der Waals surface area (Å²) in [7, 11) is 0. The maximum Gasteiger partial charge on any atom is 0.396 e. The van der Waals surface area contributed by atoms with E-state index in [-0.39, 0.29) is 25.2 Å². The van der Waals surface area contributed by atoms with Crippen molar-refractivity contribution >= 4 is 5.97 Å². The number of alkyl halides is 3. The van der Waals surface area contributed by atoms with Crippen molar-refractivity contribution in [2.75, 3.05) is 13.2 Å². The first-order chi connectivity index (χ1) is 7.32. The molecule has 1 aliphatic heterocycles. The van der Waals surface area contributed by atoms with E-state index < -0.39 is 24.2 Å². The molecule has 1 aliphatic rings. The van der Waals surface area contributed by atoms with Crippen molar-refractivity contribution < 1.29 is 27.4 Å². The highest BCUT2D eigenvalue weighted by Crippen LogP contribution is 2.37. The topological polar surface area (TPSA) is 35.5 Å². The predicted octanol–water partition coefficient (Wildman–Crippen LogP) is 2.07. The van der Waals surface area contributed by atoms with Gasteiger partial charge in [0.05, 0.1) is 19.3 Å². The number of carbonyl (C=O) groups is 1. The lowest BCUT2D eigenvalue weighted by Crippen LogP contribution is -2.49. The summed E-state index contributed by atoms with van der Waals surface area (Å²) in [5.41, 5.74) is 0.224. The van der Waals surface area contributed by atoms with Crippen LogP contribution in [0, 0.1) is 5.92 Å². The highest BCUT2D eigenvalue weighted by Gasteiger charge is 2.51. The molecule has 2 atom stereocenters. The van der Waals surface area contributed by atoms with Crippen LogP contribution in [0.4, 0.5) is 13.2 Å². The Morgan fingerprint density at radius 3 is 2.56 bits per heavy atom. The summed E-state index contributed by atoms with van der Waals surface area (Å²) in [6, 6.07) is 0. The Hall–Kier alpha value is -1.04. The van der Waals surface area contributed by atoms with Gasteiger partial charge < -0.3 is 9.47 Å². The van der Waals surface area contributed by atoms with Crippen molar-refractivity contribution in [3.05, 3.63) is 12.2 Å². The van der Waals surface area contributed by atoms with Crippen molar-refractivity contribution in [3.8, 4) is 0 Å². The molecule has 0 aromatic carbocycles. The smallest absolute Gasteiger partial charge is 0.396 e. The quantitative estimate of drug-likeness (QED) is 0.555. The summed E-state index contributed by atoms with van der Waals surface area (Å²) in [6.07, 6.45) is -5.07. The third-order valence-electron chi connectivity index (χ3n) is 2.34. The van der Waals surface area contributed by atoms with Crippen molar-refractivity contribution in [1.29, 1.82) is 0 Å². The Balaban J connectivity index is 2.25. The minimum atomic E-state index is -4.23. The molecule has 1 saturated heterocycles. The monoisotopic (exact) mass is 238 g/mol. The zero-order chi connectivity index (χ0) is 12.3. The van der Waals surface area contributed by atoms with Gasteiger partial charge in [0.15, 0.2) is 0 Å². The number of rotatable bonds is 4. The summed E-state index contributed by atoms with van der Waals surface area (Å²) in [4.78, 5) is 10.9. The predicted molar refractivity (Wildman–Crippen MR) is 49.7 cm³/mol. The molecule has 16 heavy (non-hydrogen) atoms. The molecule has 0 bridgehead atoms. The lowest BCUT2D eigenvalue weighted by Gasteiger charge is -2.37. The number of ether oxygens (including phenoxy) is 2. The number of carbonyl (C=O) groups excluding carboxylic acids is 1. The highest BCUT2D eigenvalue weighted by atomic mass is 19.4. The lowest BCUT2D eigenvalue weighted by atomic mass is 9.95. The highest BCUT2D eigenvalue weighted by molar-refractivity contribution is 5.86. The van der Waals surface area contributed by atoms with E-state index in [0.717, 1.165) is 0 Å². The Bertz CT molecular complexity index is 286. The first kappa shape index (κ1) is 13.0. The van der Waals surface area contributed by atoms with E-state index in [9.17, 15) is 18.0 Å². The number of esters is 1. The van der Waals surface area contributed by atoms with Gasteiger partial charge >= 0.3 is 12.1 Å². The molecule has 2 unspecified atom stereocenters. The van der Waals surface area contributed by atoms with Crippen LogP contribution >= 0.6 is 0 Å². The SMILES string of the molecule is C=C(C)C(=O)OCCC1OCC1C(F)(F)F. The molecule has 0 aromatic heterocycles. The standard InChI is InChI=1S/C10H13F3O3/c1-6(2)9(14)15-4-3-8-7(5-16-8)10(11,12)13/h7-8H,1,3-5H2,2H3. The van der Waals surface area contributed by atoms with Gasteiger partial charge in [0, 0.05) is 12.0 Å². The van der Waals surface area contributed by atoms with Crippen LogP contribution in [0.25, 0.3) is 0 Å². The van der Waals surface area contributed by atoms with Crippen molar-refractivity contribution in [2.45, 2.75) is 25.6 Å². The maximum absolute atomic E-state index is 12.3. The lowest BCUT2D eigenvalue weighted by molar-refractivity contribution is -0.275. The molecule has 6 heteroatoms. The number of hydrogen-bond donors (Lipinski definition) is 0. The summed E-state index contributed by atoms with van der Waals surface area (Å²) >= 11 is 0. The van der Waals surface area contributed by atoms with E-state index in [2.05, 4.69) is 11.3 Å². The average Bonchev–Trinajstić information content (AvgIpc) is 2.06. The van der Waals surface area contributed by atoms with Crippen LogP contribution in [0.1, 0.15) is 13.3 Å². The van der Waals surface area contributed by atoms with Crippen molar-refractivity contribution in [1.82, 2.24) is 0 Å². The van der Waals surface area contributed by atoms with Crippen LogP contribution in [-0.2, 0) is 14.3 Å². The normalized spacial score (nSPS) is 24.8. The molecular weight excluding hydrogens is 225 g/mol. The molecule has 0 amide bonds. The first-order valence-corrected chi connectivity index (χ1v) is 4.83. The van der Waals surface area contributed by atoms with Crippen LogP contribution < -0.4 is 0 Å². The second-order valence-corrected chi connectivity index (χ2v) is 3.72. The molecular formula is C10H13F3O3. The molecule has 0 radical (unpaired) electrons. The van der Waals surface area contributed by atoms with Crippen LogP contribution in [-0.4, -0.2) is 31.5 Å². The molecule has 1 heterocycles. The summed E-state index contributed by atoms with van der Waals surface area (Å²) in [5.74, 6) is -2.03. The molecule has 1 rings (SSSR count). The van der Waals surface area contributed by atoms with E-state index in [4.69, 9.17) is 4.74 Å². The summed E-state index contributed by atoms with van der Waals surface area (Å²) in [5, 5.41) is 0. The molecule has 0 saturated carbocycles. The van der Waals surface area contributed by atoms with E-state index in [0.29, 0.717) is 0 Å². The first-order valence-electron chi connectivity index (χ1n) is 4.83. The maximum atomic E-state index is 12.3. The van der Waals surface area contributed by atoms with Gasteiger partial charge in [-0.2, -0.15) is 13.2 Å². The number of halogens is 3.